The van der Waals surface area contributed by atoms with Crippen molar-refractivity contribution in [3.8, 4) is 0 Å². The van der Waals surface area contributed by atoms with Gasteiger partial charge in [-0.25, -0.2) is 4.89 Å². The predicted octanol–water partition coefficient (Wildman–Crippen LogP) is 2.55. The Kier molecular flexibility index (Phi) is 4.65. The van der Waals surface area contributed by atoms with Crippen LogP contribution in [0.2, 0.25) is 0 Å². The molecule has 0 rings (SSSR count). The summed E-state index contributed by atoms with van der Waals surface area (Å²) in [4.78, 5) is 4.23. The van der Waals surface area contributed by atoms with Crippen LogP contribution < -0.4 is 0 Å². The molecule has 0 aromatic carbocycles. The van der Waals surface area contributed by atoms with Gasteiger partial charge < -0.3 is 0 Å². The van der Waals surface area contributed by atoms with Gasteiger partial charge >= 0.3 is 0 Å². The normalized spacial score (nSPS) is 20.1. The average Bonchev–Trinajstić information content (AvgIpc) is 2.00. The van der Waals surface area contributed by atoms with E-state index >= 15 is 0 Å². The van der Waals surface area contributed by atoms with E-state index in [4.69, 9.17) is 5.26 Å². The second-order valence-corrected chi connectivity index (χ2v) is 3.06. The second kappa shape index (κ2) is 4.69. The third-order valence-corrected chi connectivity index (χ3v) is 2.45. The molecule has 0 radical (unpaired) electrons. The van der Waals surface area contributed by atoms with Crippen LogP contribution in [0.1, 0.15) is 34.1 Å². The van der Waals surface area contributed by atoms with Crippen LogP contribution in [0.5, 0.6) is 0 Å². The third kappa shape index (κ3) is 2.67. The van der Waals surface area contributed by atoms with Crippen LogP contribution in [0.3, 0.4) is 0 Å². The van der Waals surface area contributed by atoms with Crippen LogP contribution in [-0.2, 0) is 4.89 Å². The molecule has 10 heavy (non-hydrogen) atoms. The highest BCUT2D eigenvalue weighted by atomic mass is 17.1. The lowest BCUT2D eigenvalue weighted by molar-refractivity contribution is -0.287. The van der Waals surface area contributed by atoms with Crippen molar-refractivity contribution in [3.63, 3.8) is 0 Å². The van der Waals surface area contributed by atoms with Crippen molar-refractivity contribution < 1.29 is 10.1 Å². The summed E-state index contributed by atoms with van der Waals surface area (Å²) in [6.07, 6.45) is 1.09. The number of hydrogen-bond donors (Lipinski definition) is 1. The maximum Gasteiger partial charge on any atom is 0.0927 e. The van der Waals surface area contributed by atoms with Crippen LogP contribution in [0.4, 0.5) is 0 Å². The predicted molar refractivity (Wildman–Crippen MR) is 41.8 cm³/mol. The summed E-state index contributed by atoms with van der Waals surface area (Å²) in [5.41, 5.74) is 0. The molecule has 3 unspecified atom stereocenters. The van der Waals surface area contributed by atoms with E-state index in [0.29, 0.717) is 11.8 Å². The fraction of sp³-hybridized carbons (Fsp3) is 1.00. The van der Waals surface area contributed by atoms with Crippen molar-refractivity contribution in [1.29, 1.82) is 0 Å². The van der Waals surface area contributed by atoms with Gasteiger partial charge in [0.25, 0.3) is 0 Å². The van der Waals surface area contributed by atoms with E-state index in [1.807, 2.05) is 6.92 Å². The Hall–Kier alpha value is -0.0800. The van der Waals surface area contributed by atoms with Gasteiger partial charge in [0.05, 0.1) is 6.10 Å². The summed E-state index contributed by atoms with van der Waals surface area (Å²) in [6.45, 7) is 8.29. The maximum absolute atomic E-state index is 8.35. The van der Waals surface area contributed by atoms with Crippen molar-refractivity contribution in [2.75, 3.05) is 0 Å². The Morgan fingerprint density at radius 2 is 1.80 bits per heavy atom. The fourth-order valence-corrected chi connectivity index (χ4v) is 0.930. The summed E-state index contributed by atoms with van der Waals surface area (Å²) in [5.74, 6) is 1.04. The monoisotopic (exact) mass is 146 g/mol. The molecule has 2 heteroatoms. The first-order valence-electron chi connectivity index (χ1n) is 3.93. The minimum atomic E-state index is -0.0463. The molecule has 0 aromatic rings. The number of rotatable bonds is 4. The summed E-state index contributed by atoms with van der Waals surface area (Å²) in [7, 11) is 0. The largest absolute Gasteiger partial charge is 0.252 e. The van der Waals surface area contributed by atoms with Crippen LogP contribution in [-0.4, -0.2) is 11.4 Å². The van der Waals surface area contributed by atoms with E-state index in [1.54, 1.807) is 0 Å². The van der Waals surface area contributed by atoms with Gasteiger partial charge in [-0.05, 0) is 18.8 Å². The zero-order valence-electron chi connectivity index (χ0n) is 7.29. The molecule has 0 amide bonds. The van der Waals surface area contributed by atoms with Gasteiger partial charge in [0.1, 0.15) is 0 Å². The zero-order chi connectivity index (χ0) is 8.15. The molecule has 0 saturated carbocycles. The van der Waals surface area contributed by atoms with E-state index in [1.165, 1.54) is 0 Å². The van der Waals surface area contributed by atoms with E-state index in [2.05, 4.69) is 25.7 Å². The smallest absolute Gasteiger partial charge is 0.0927 e. The van der Waals surface area contributed by atoms with Crippen LogP contribution in [0.15, 0.2) is 0 Å². The molecular formula is C8H18O2. The standard InChI is InChI=1S/C8H18O2/c1-5-6(2)7(3)8(4)10-9/h6-9H,5H2,1-4H3. The molecule has 1 N–H and O–H groups in total. The Bertz CT molecular complexity index is 73.3. The molecule has 0 spiro atoms. The molecule has 0 heterocycles. The van der Waals surface area contributed by atoms with Crippen molar-refractivity contribution in [2.24, 2.45) is 11.8 Å². The summed E-state index contributed by atoms with van der Waals surface area (Å²) in [5, 5.41) is 8.35. The highest BCUT2D eigenvalue weighted by Crippen LogP contribution is 2.19. The zero-order valence-corrected chi connectivity index (χ0v) is 7.29. The van der Waals surface area contributed by atoms with Gasteiger partial charge in [0, 0.05) is 0 Å². The molecule has 2 nitrogen and oxygen atoms in total. The molecule has 3 atom stereocenters. The van der Waals surface area contributed by atoms with Gasteiger partial charge in [0.15, 0.2) is 0 Å². The minimum Gasteiger partial charge on any atom is -0.252 e. The molecular weight excluding hydrogens is 128 g/mol. The van der Waals surface area contributed by atoms with Crippen LogP contribution >= 0.6 is 0 Å². The quantitative estimate of drug-likeness (QED) is 0.488. The van der Waals surface area contributed by atoms with E-state index in [9.17, 15) is 0 Å². The molecule has 0 aliphatic heterocycles. The molecule has 0 aliphatic rings. The Morgan fingerprint density at radius 3 is 2.10 bits per heavy atom. The molecule has 0 bridgehead atoms. The topological polar surface area (TPSA) is 29.5 Å². The summed E-state index contributed by atoms with van der Waals surface area (Å²) < 4.78 is 0. The lowest BCUT2D eigenvalue weighted by atomic mass is 9.90. The average molecular weight is 146 g/mol. The molecule has 62 valence electrons. The minimum absolute atomic E-state index is 0.0463. The highest BCUT2D eigenvalue weighted by Gasteiger charge is 2.17. The van der Waals surface area contributed by atoms with Gasteiger partial charge in [-0.15, -0.1) is 0 Å². The second-order valence-electron chi connectivity index (χ2n) is 3.06. The van der Waals surface area contributed by atoms with E-state index in [-0.39, 0.29) is 6.10 Å². The van der Waals surface area contributed by atoms with E-state index in [0.717, 1.165) is 6.42 Å². The van der Waals surface area contributed by atoms with Gasteiger partial charge in [-0.2, -0.15) is 0 Å². The Labute approximate surface area is 63.1 Å². The van der Waals surface area contributed by atoms with Gasteiger partial charge in [-0.1, -0.05) is 27.2 Å². The van der Waals surface area contributed by atoms with Gasteiger partial charge in [0.2, 0.25) is 0 Å². The fourth-order valence-electron chi connectivity index (χ4n) is 0.930. The summed E-state index contributed by atoms with van der Waals surface area (Å²) in [6, 6.07) is 0. The van der Waals surface area contributed by atoms with Crippen LogP contribution in [0, 0.1) is 11.8 Å². The first kappa shape index (κ1) is 9.92. The summed E-state index contributed by atoms with van der Waals surface area (Å²) >= 11 is 0. The first-order chi connectivity index (χ1) is 4.63. The first-order valence-corrected chi connectivity index (χ1v) is 3.93. The van der Waals surface area contributed by atoms with Crippen molar-refractivity contribution >= 4 is 0 Å². The third-order valence-electron chi connectivity index (χ3n) is 2.45. The van der Waals surface area contributed by atoms with Gasteiger partial charge in [-0.3, -0.25) is 5.26 Å². The van der Waals surface area contributed by atoms with Crippen molar-refractivity contribution in [1.82, 2.24) is 0 Å². The van der Waals surface area contributed by atoms with Crippen molar-refractivity contribution in [2.45, 2.75) is 40.2 Å². The molecule has 0 fully saturated rings. The van der Waals surface area contributed by atoms with E-state index < -0.39 is 0 Å². The lowest BCUT2D eigenvalue weighted by Gasteiger charge is -2.22. The Morgan fingerprint density at radius 1 is 1.30 bits per heavy atom. The maximum atomic E-state index is 8.35. The number of hydrogen-bond acceptors (Lipinski definition) is 2. The highest BCUT2D eigenvalue weighted by molar-refractivity contribution is 4.65. The van der Waals surface area contributed by atoms with Crippen molar-refractivity contribution in [3.05, 3.63) is 0 Å². The van der Waals surface area contributed by atoms with Crippen LogP contribution in [0.25, 0.3) is 0 Å². The lowest BCUT2D eigenvalue weighted by Crippen LogP contribution is -2.22. The SMILES string of the molecule is CCC(C)C(C)C(C)OO. The Balaban J connectivity index is 3.69. The molecule has 0 aliphatic carbocycles. The molecule has 0 saturated heterocycles. The molecule has 0 aromatic heterocycles.